The van der Waals surface area contributed by atoms with E-state index in [-0.39, 0.29) is 29.7 Å². The van der Waals surface area contributed by atoms with Crippen molar-refractivity contribution in [3.8, 4) is 0 Å². The molecule has 2 amide bonds. The van der Waals surface area contributed by atoms with Gasteiger partial charge in [-0.15, -0.1) is 0 Å². The van der Waals surface area contributed by atoms with E-state index in [1.165, 1.54) is 12.1 Å². The molecule has 1 fully saturated rings. The van der Waals surface area contributed by atoms with E-state index in [9.17, 15) is 14.4 Å². The fraction of sp³-hybridized carbons (Fsp3) is 0.308. The van der Waals surface area contributed by atoms with Crippen LogP contribution in [0.1, 0.15) is 29.3 Å². The Morgan fingerprint density at radius 1 is 1.39 bits per heavy atom. The second-order valence-electron chi connectivity index (χ2n) is 4.43. The molecule has 5 heteroatoms. The molecule has 5 nitrogen and oxygen atoms in total. The van der Waals surface area contributed by atoms with Gasteiger partial charge in [0, 0.05) is 12.3 Å². The molecule has 1 aliphatic heterocycles. The Labute approximate surface area is 104 Å². The van der Waals surface area contributed by atoms with Gasteiger partial charge in [0.05, 0.1) is 11.3 Å². The van der Waals surface area contributed by atoms with E-state index in [1.54, 1.807) is 19.9 Å². The van der Waals surface area contributed by atoms with Gasteiger partial charge in [0.15, 0.2) is 0 Å². The van der Waals surface area contributed by atoms with Crippen molar-refractivity contribution >= 4 is 23.5 Å². The molecule has 0 aliphatic carbocycles. The standard InChI is InChI=1S/C13H13NO4/c1-7-6-11(15)14(12(7)16)10-5-3-4-9(8(10)2)13(17)18/h3-5,7H,6H2,1-2H3,(H,17,18). The van der Waals surface area contributed by atoms with Crippen LogP contribution in [0.3, 0.4) is 0 Å². The average molecular weight is 247 g/mol. The lowest BCUT2D eigenvalue weighted by Crippen LogP contribution is -2.31. The van der Waals surface area contributed by atoms with Crippen LogP contribution in [0.25, 0.3) is 0 Å². The normalized spacial score (nSPS) is 19.4. The average Bonchev–Trinajstić information content (AvgIpc) is 2.54. The number of imide groups is 1. The Kier molecular flexibility index (Phi) is 2.90. The molecule has 0 aromatic heterocycles. The number of carboxylic acids is 1. The largest absolute Gasteiger partial charge is 0.478 e. The van der Waals surface area contributed by atoms with E-state index in [4.69, 9.17) is 5.11 Å². The number of hydrogen-bond donors (Lipinski definition) is 1. The van der Waals surface area contributed by atoms with Gasteiger partial charge >= 0.3 is 5.97 Å². The third-order valence-corrected chi connectivity index (χ3v) is 3.15. The Morgan fingerprint density at radius 3 is 2.56 bits per heavy atom. The quantitative estimate of drug-likeness (QED) is 0.805. The van der Waals surface area contributed by atoms with Gasteiger partial charge < -0.3 is 5.11 Å². The number of amides is 2. The second kappa shape index (κ2) is 4.25. The Hall–Kier alpha value is -2.17. The van der Waals surface area contributed by atoms with Crippen LogP contribution in [0, 0.1) is 12.8 Å². The number of carboxylic acid groups (broad SMARTS) is 1. The van der Waals surface area contributed by atoms with Crippen molar-refractivity contribution in [2.24, 2.45) is 5.92 Å². The van der Waals surface area contributed by atoms with Gasteiger partial charge in [-0.2, -0.15) is 0 Å². The first-order valence-electron chi connectivity index (χ1n) is 5.63. The van der Waals surface area contributed by atoms with Crippen molar-refractivity contribution in [1.82, 2.24) is 0 Å². The molecule has 1 aromatic rings. The number of anilines is 1. The molecular weight excluding hydrogens is 234 g/mol. The first-order chi connectivity index (χ1) is 8.43. The van der Waals surface area contributed by atoms with Crippen molar-refractivity contribution < 1.29 is 19.5 Å². The Bertz CT molecular complexity index is 550. The highest BCUT2D eigenvalue weighted by Crippen LogP contribution is 2.30. The molecule has 0 spiro atoms. The molecule has 1 aromatic carbocycles. The number of nitrogens with zero attached hydrogens (tertiary/aromatic N) is 1. The highest BCUT2D eigenvalue weighted by molar-refractivity contribution is 6.21. The maximum absolute atomic E-state index is 11.9. The third-order valence-electron chi connectivity index (χ3n) is 3.15. The van der Waals surface area contributed by atoms with E-state index in [0.29, 0.717) is 11.3 Å². The van der Waals surface area contributed by atoms with Gasteiger partial charge in [-0.05, 0) is 24.6 Å². The van der Waals surface area contributed by atoms with Crippen LogP contribution in [0.5, 0.6) is 0 Å². The van der Waals surface area contributed by atoms with Crippen molar-refractivity contribution in [2.45, 2.75) is 20.3 Å². The molecule has 1 N–H and O–H groups in total. The summed E-state index contributed by atoms with van der Waals surface area (Å²) in [5.74, 6) is -1.96. The molecule has 0 saturated carbocycles. The number of hydrogen-bond acceptors (Lipinski definition) is 3. The highest BCUT2D eigenvalue weighted by atomic mass is 16.4. The topological polar surface area (TPSA) is 74.7 Å². The molecule has 1 atom stereocenters. The lowest BCUT2D eigenvalue weighted by atomic mass is 10.1. The summed E-state index contributed by atoms with van der Waals surface area (Å²) < 4.78 is 0. The van der Waals surface area contributed by atoms with Crippen LogP contribution in [0.4, 0.5) is 5.69 Å². The zero-order chi connectivity index (χ0) is 13.4. The summed E-state index contributed by atoms with van der Waals surface area (Å²) in [4.78, 5) is 35.8. The molecule has 2 rings (SSSR count). The van der Waals surface area contributed by atoms with Gasteiger partial charge in [0.2, 0.25) is 11.8 Å². The van der Waals surface area contributed by atoms with Crippen LogP contribution in [0.15, 0.2) is 18.2 Å². The summed E-state index contributed by atoms with van der Waals surface area (Å²) in [6.07, 6.45) is 0.176. The maximum Gasteiger partial charge on any atom is 0.336 e. The predicted molar refractivity (Wildman–Crippen MR) is 64.4 cm³/mol. The number of rotatable bonds is 2. The van der Waals surface area contributed by atoms with Crippen molar-refractivity contribution in [1.29, 1.82) is 0 Å². The number of carbonyl (C=O) groups is 3. The monoisotopic (exact) mass is 247 g/mol. The minimum Gasteiger partial charge on any atom is -0.478 e. The number of benzene rings is 1. The SMILES string of the molecule is Cc1c(C(=O)O)cccc1N1C(=O)CC(C)C1=O. The van der Waals surface area contributed by atoms with E-state index in [1.807, 2.05) is 0 Å². The minimum absolute atomic E-state index is 0.104. The summed E-state index contributed by atoms with van der Waals surface area (Å²) in [6.45, 7) is 3.29. The molecule has 1 saturated heterocycles. The number of carbonyl (C=O) groups excluding carboxylic acids is 2. The van der Waals surface area contributed by atoms with Crippen molar-refractivity contribution in [3.05, 3.63) is 29.3 Å². The Balaban J connectivity index is 2.52. The van der Waals surface area contributed by atoms with Gasteiger partial charge in [0.1, 0.15) is 0 Å². The molecule has 1 heterocycles. The summed E-state index contributed by atoms with van der Waals surface area (Å²) >= 11 is 0. The molecule has 0 radical (unpaired) electrons. The fourth-order valence-corrected chi connectivity index (χ4v) is 2.13. The van der Waals surface area contributed by atoms with Gasteiger partial charge in [-0.3, -0.25) is 14.5 Å². The van der Waals surface area contributed by atoms with Crippen LogP contribution >= 0.6 is 0 Å². The van der Waals surface area contributed by atoms with E-state index >= 15 is 0 Å². The third kappa shape index (κ3) is 1.77. The second-order valence-corrected chi connectivity index (χ2v) is 4.43. The zero-order valence-corrected chi connectivity index (χ0v) is 10.1. The zero-order valence-electron chi connectivity index (χ0n) is 10.1. The maximum atomic E-state index is 11.9. The van der Waals surface area contributed by atoms with Crippen LogP contribution in [0.2, 0.25) is 0 Å². The first kappa shape index (κ1) is 12.3. The minimum atomic E-state index is -1.07. The Morgan fingerprint density at radius 2 is 2.06 bits per heavy atom. The van der Waals surface area contributed by atoms with Crippen LogP contribution in [-0.4, -0.2) is 22.9 Å². The molecule has 18 heavy (non-hydrogen) atoms. The highest BCUT2D eigenvalue weighted by Gasteiger charge is 2.37. The van der Waals surface area contributed by atoms with Crippen LogP contribution < -0.4 is 4.90 Å². The molecule has 1 unspecified atom stereocenters. The summed E-state index contributed by atoms with van der Waals surface area (Å²) in [5.41, 5.74) is 0.905. The van der Waals surface area contributed by atoms with Gasteiger partial charge in [-0.1, -0.05) is 13.0 Å². The summed E-state index contributed by atoms with van der Waals surface area (Å²) in [6, 6.07) is 4.58. The molecule has 1 aliphatic rings. The molecular formula is C13H13NO4. The lowest BCUT2D eigenvalue weighted by Gasteiger charge is -2.18. The first-order valence-corrected chi connectivity index (χ1v) is 5.63. The fourth-order valence-electron chi connectivity index (χ4n) is 2.13. The van der Waals surface area contributed by atoms with E-state index in [0.717, 1.165) is 4.90 Å². The lowest BCUT2D eigenvalue weighted by molar-refractivity contribution is -0.122. The molecule has 0 bridgehead atoms. The van der Waals surface area contributed by atoms with E-state index in [2.05, 4.69) is 0 Å². The summed E-state index contributed by atoms with van der Waals surface area (Å²) in [7, 11) is 0. The summed E-state index contributed by atoms with van der Waals surface area (Å²) in [5, 5.41) is 9.03. The van der Waals surface area contributed by atoms with Crippen molar-refractivity contribution in [2.75, 3.05) is 4.90 Å². The van der Waals surface area contributed by atoms with Crippen molar-refractivity contribution in [3.63, 3.8) is 0 Å². The van der Waals surface area contributed by atoms with E-state index < -0.39 is 5.97 Å². The predicted octanol–water partition coefficient (Wildman–Crippen LogP) is 1.59. The smallest absolute Gasteiger partial charge is 0.336 e. The van der Waals surface area contributed by atoms with Gasteiger partial charge in [-0.25, -0.2) is 4.79 Å². The molecule has 94 valence electrons. The van der Waals surface area contributed by atoms with Gasteiger partial charge in [0.25, 0.3) is 0 Å². The number of aromatic carboxylic acids is 1. The van der Waals surface area contributed by atoms with Crippen LogP contribution in [-0.2, 0) is 9.59 Å².